The van der Waals surface area contributed by atoms with Crippen LogP contribution in [0.2, 0.25) is 0 Å². The van der Waals surface area contributed by atoms with E-state index in [-0.39, 0.29) is 34.0 Å². The Labute approximate surface area is 231 Å². The summed E-state index contributed by atoms with van der Waals surface area (Å²) < 4.78 is 5.59. The molecule has 3 rings (SSSR count). The number of benzene rings is 2. The largest absolute Gasteiger partial charge is 0.450 e. The van der Waals surface area contributed by atoms with Crippen LogP contribution in [0.3, 0.4) is 0 Å². The molecule has 7 heteroatoms. The van der Waals surface area contributed by atoms with Crippen LogP contribution in [0.25, 0.3) is 11.0 Å². The fourth-order valence-electron chi connectivity index (χ4n) is 4.98. The number of hydrazone groups is 1. The number of nitrogens with two attached hydrogens (primary N) is 3. The van der Waals surface area contributed by atoms with Crippen LogP contribution < -0.4 is 22.7 Å². The zero-order valence-corrected chi connectivity index (χ0v) is 23.1. The molecule has 0 aliphatic rings. The molecule has 0 saturated carbocycles. The van der Waals surface area contributed by atoms with Crippen molar-refractivity contribution in [2.75, 3.05) is 5.73 Å². The quantitative estimate of drug-likeness (QED) is 0.0409. The molecule has 0 bridgehead atoms. The number of amidine groups is 1. The second-order valence-corrected chi connectivity index (χ2v) is 10.4. The summed E-state index contributed by atoms with van der Waals surface area (Å²) in [6.45, 7) is 0. The van der Waals surface area contributed by atoms with Crippen molar-refractivity contribution in [3.8, 4) is 0 Å². The van der Waals surface area contributed by atoms with Crippen LogP contribution in [-0.4, -0.2) is 11.6 Å². The van der Waals surface area contributed by atoms with E-state index < -0.39 is 5.43 Å². The molecule has 3 aromatic rings. The van der Waals surface area contributed by atoms with E-state index in [2.05, 4.69) is 35.4 Å². The molecular weight excluding hydrogens is 488 g/mol. The fraction of sp³-hybridized carbons (Fsp3) is 0.469. The first-order valence-corrected chi connectivity index (χ1v) is 14.5. The van der Waals surface area contributed by atoms with E-state index in [4.69, 9.17) is 21.7 Å². The first-order valence-electron chi connectivity index (χ1n) is 14.5. The number of carbonyl (C=O) groups is 1. The average Bonchev–Trinajstić information content (AvgIpc) is 2.96. The van der Waals surface area contributed by atoms with Crippen molar-refractivity contribution in [1.82, 2.24) is 0 Å². The monoisotopic (exact) mass is 532 g/mol. The molecular formula is C32H44N4O3. The molecule has 0 amide bonds. The summed E-state index contributed by atoms with van der Waals surface area (Å²) in [4.78, 5) is 25.3. The lowest BCUT2D eigenvalue weighted by atomic mass is 10.0. The van der Waals surface area contributed by atoms with Crippen LogP contribution in [0.15, 0.2) is 62.8 Å². The molecule has 1 heterocycles. The molecule has 0 aliphatic heterocycles. The Morgan fingerprint density at radius 3 is 1.92 bits per heavy atom. The van der Waals surface area contributed by atoms with Gasteiger partial charge in [-0.1, -0.05) is 101 Å². The van der Waals surface area contributed by atoms with Crippen molar-refractivity contribution in [1.29, 1.82) is 0 Å². The Hall–Kier alpha value is -3.61. The van der Waals surface area contributed by atoms with E-state index in [9.17, 15) is 9.59 Å². The molecule has 39 heavy (non-hydrogen) atoms. The molecule has 0 spiro atoms. The number of fused-ring (bicyclic) bond motifs is 1. The minimum atomic E-state index is -0.452. The third-order valence-corrected chi connectivity index (χ3v) is 7.33. The highest BCUT2D eigenvalue weighted by molar-refractivity contribution is 6.02. The number of Topliss-reactive ketones (excluding diaryl/α,β-unsaturated/α-hetero) is 1. The van der Waals surface area contributed by atoms with Gasteiger partial charge in [-0.25, -0.2) is 0 Å². The Bertz CT molecular complexity index is 1270. The first-order chi connectivity index (χ1) is 19.0. The minimum Gasteiger partial charge on any atom is -0.450 e. The number of hydrogen-bond donors (Lipinski definition) is 3. The number of hydrogen-bond acceptors (Lipinski definition) is 6. The predicted molar refractivity (Wildman–Crippen MR) is 161 cm³/mol. The van der Waals surface area contributed by atoms with Gasteiger partial charge in [-0.15, -0.1) is 0 Å². The van der Waals surface area contributed by atoms with E-state index in [0.29, 0.717) is 12.0 Å². The lowest BCUT2D eigenvalue weighted by Crippen LogP contribution is -2.22. The van der Waals surface area contributed by atoms with E-state index in [1.165, 1.54) is 76.2 Å². The van der Waals surface area contributed by atoms with Gasteiger partial charge in [0.2, 0.25) is 5.43 Å². The topological polar surface area (TPSA) is 138 Å². The van der Waals surface area contributed by atoms with Crippen molar-refractivity contribution >= 4 is 28.3 Å². The molecule has 1 aromatic heterocycles. The van der Waals surface area contributed by atoms with E-state index in [1.807, 2.05) is 0 Å². The third-order valence-electron chi connectivity index (χ3n) is 7.33. The van der Waals surface area contributed by atoms with Gasteiger partial charge < -0.3 is 21.7 Å². The van der Waals surface area contributed by atoms with Gasteiger partial charge in [-0.3, -0.25) is 9.59 Å². The Kier molecular flexibility index (Phi) is 12.6. The molecule has 0 radical (unpaired) electrons. The average molecular weight is 533 g/mol. The molecule has 0 saturated heterocycles. The molecule has 210 valence electrons. The first kappa shape index (κ1) is 29.9. The van der Waals surface area contributed by atoms with E-state index in [1.54, 1.807) is 18.2 Å². The smallest absolute Gasteiger partial charge is 0.216 e. The zero-order valence-electron chi connectivity index (χ0n) is 23.1. The highest BCUT2D eigenvalue weighted by Crippen LogP contribution is 2.20. The van der Waals surface area contributed by atoms with Gasteiger partial charge in [0.25, 0.3) is 0 Å². The summed E-state index contributed by atoms with van der Waals surface area (Å²) in [5.74, 6) is 4.97. The van der Waals surface area contributed by atoms with Crippen molar-refractivity contribution in [3.63, 3.8) is 0 Å². The summed E-state index contributed by atoms with van der Waals surface area (Å²) in [5.41, 5.74) is 13.1. The molecule has 0 atom stereocenters. The molecule has 0 aliphatic carbocycles. The maximum Gasteiger partial charge on any atom is 0.216 e. The zero-order chi connectivity index (χ0) is 27.9. The standard InChI is InChI=1S/C32H44N4O3/c33-29-30(38)26-23-25(21-22-28(26)39-31(29)32(34)36-35)27(37)20-16-11-9-7-5-3-1-2-4-6-8-10-13-17-24-18-14-12-15-19-24/h12,14-15,18-19,21-23H,1-11,13,16-17,20,33,35H2,(H2,34,36). The van der Waals surface area contributed by atoms with Gasteiger partial charge in [0.1, 0.15) is 11.3 Å². The summed E-state index contributed by atoms with van der Waals surface area (Å²) >= 11 is 0. The third kappa shape index (κ3) is 9.57. The normalized spacial score (nSPS) is 11.7. The molecule has 0 fully saturated rings. The highest BCUT2D eigenvalue weighted by atomic mass is 16.3. The Morgan fingerprint density at radius 1 is 0.769 bits per heavy atom. The van der Waals surface area contributed by atoms with Crippen molar-refractivity contribution in [3.05, 3.63) is 75.6 Å². The van der Waals surface area contributed by atoms with Crippen LogP contribution in [0.4, 0.5) is 5.69 Å². The second kappa shape index (κ2) is 16.4. The molecule has 7 nitrogen and oxygen atoms in total. The Morgan fingerprint density at radius 2 is 1.33 bits per heavy atom. The predicted octanol–water partition coefficient (Wildman–Crippen LogP) is 6.84. The van der Waals surface area contributed by atoms with E-state index >= 15 is 0 Å². The molecule has 6 N–H and O–H groups in total. The van der Waals surface area contributed by atoms with Gasteiger partial charge in [0.05, 0.1) is 5.39 Å². The molecule has 2 aromatic carbocycles. The SMILES string of the molecule is NN=C(N)c1oc2ccc(C(=O)CCCCCCCCCCCCCCCc3ccccc3)cc2c(=O)c1N. The van der Waals surface area contributed by atoms with Crippen LogP contribution in [-0.2, 0) is 6.42 Å². The number of ketones is 1. The van der Waals surface area contributed by atoms with Crippen LogP contribution in [0, 0.1) is 0 Å². The van der Waals surface area contributed by atoms with Gasteiger partial charge in [0, 0.05) is 12.0 Å². The lowest BCUT2D eigenvalue weighted by molar-refractivity contribution is 0.0979. The maximum absolute atomic E-state index is 12.7. The number of carbonyl (C=O) groups excluding carboxylic acids is 1. The van der Waals surface area contributed by atoms with Crippen molar-refractivity contribution < 1.29 is 9.21 Å². The highest BCUT2D eigenvalue weighted by Gasteiger charge is 2.16. The van der Waals surface area contributed by atoms with Gasteiger partial charge in [-0.05, 0) is 43.0 Å². The van der Waals surface area contributed by atoms with Gasteiger partial charge >= 0.3 is 0 Å². The Balaban J connectivity index is 1.22. The van der Waals surface area contributed by atoms with Crippen LogP contribution in [0.1, 0.15) is 112 Å². The number of unbranched alkanes of at least 4 members (excludes halogenated alkanes) is 12. The summed E-state index contributed by atoms with van der Waals surface area (Å²) in [6, 6.07) is 15.6. The van der Waals surface area contributed by atoms with Crippen LogP contribution >= 0.6 is 0 Å². The lowest BCUT2D eigenvalue weighted by Gasteiger charge is -2.07. The number of nitrogens with zero attached hydrogens (tertiary/aromatic N) is 1. The summed E-state index contributed by atoms with van der Waals surface area (Å²) in [7, 11) is 0. The fourth-order valence-corrected chi connectivity index (χ4v) is 4.98. The number of nitrogen functional groups attached to an aromatic ring is 1. The number of anilines is 1. The van der Waals surface area contributed by atoms with Gasteiger partial charge in [0.15, 0.2) is 17.4 Å². The van der Waals surface area contributed by atoms with Gasteiger partial charge in [-0.2, -0.15) is 5.10 Å². The number of rotatable bonds is 18. The minimum absolute atomic E-state index is 0.0158. The summed E-state index contributed by atoms with van der Waals surface area (Å²) in [5, 5.41) is 3.58. The second-order valence-electron chi connectivity index (χ2n) is 10.4. The van der Waals surface area contributed by atoms with Crippen molar-refractivity contribution in [2.45, 2.75) is 96.3 Å². The molecule has 0 unspecified atom stereocenters. The number of aryl methyl sites for hydroxylation is 1. The summed E-state index contributed by atoms with van der Waals surface area (Å²) in [6.07, 6.45) is 17.9. The maximum atomic E-state index is 12.7. The van der Waals surface area contributed by atoms with Crippen LogP contribution in [0.5, 0.6) is 0 Å². The van der Waals surface area contributed by atoms with Crippen molar-refractivity contribution in [2.24, 2.45) is 16.7 Å². The van der Waals surface area contributed by atoms with E-state index in [0.717, 1.165) is 19.3 Å².